The second-order valence-electron chi connectivity index (χ2n) is 7.56. The molecule has 0 aliphatic heterocycles. The number of carbonyl (C=O) groups excluding carboxylic acids is 2. The van der Waals surface area contributed by atoms with Gasteiger partial charge in [0.05, 0.1) is 40.4 Å². The van der Waals surface area contributed by atoms with E-state index in [1.54, 1.807) is 0 Å². The molecule has 0 fully saturated rings. The van der Waals surface area contributed by atoms with Crippen LogP contribution in [0.2, 0.25) is 5.02 Å². The van der Waals surface area contributed by atoms with Gasteiger partial charge in [-0.1, -0.05) is 48.0 Å². The number of halogens is 8. The van der Waals surface area contributed by atoms with E-state index in [1.165, 1.54) is 24.3 Å². The fourth-order valence-electron chi connectivity index (χ4n) is 3.71. The van der Waals surface area contributed by atoms with E-state index in [4.69, 9.17) is 21.1 Å². The van der Waals surface area contributed by atoms with Crippen LogP contribution in [0.25, 0.3) is 0 Å². The first-order valence-corrected chi connectivity index (χ1v) is 13.1. The van der Waals surface area contributed by atoms with Crippen molar-refractivity contribution in [3.63, 3.8) is 0 Å². The fraction of sp³-hybridized carbons (Fsp3) is 0.167. The Morgan fingerprint density at radius 2 is 1.26 bits per heavy atom. The molecule has 0 spiro atoms. The molecule has 0 radical (unpaired) electrons. The van der Waals surface area contributed by atoms with Gasteiger partial charge in [0, 0.05) is 5.30 Å². The van der Waals surface area contributed by atoms with E-state index in [1.807, 2.05) is 0 Å². The fourth-order valence-corrected chi connectivity index (χ4v) is 7.03. The molecule has 0 saturated carbocycles. The zero-order valence-corrected chi connectivity index (χ0v) is 22.4. The van der Waals surface area contributed by atoms with Crippen molar-refractivity contribution in [2.75, 3.05) is 14.2 Å². The zero-order valence-electron chi connectivity index (χ0n) is 19.2. The monoisotopic (exact) mass is 642 g/mol. The van der Waals surface area contributed by atoms with Crippen molar-refractivity contribution in [3.05, 3.63) is 86.3 Å². The third-order valence-electron chi connectivity index (χ3n) is 5.34. The molecule has 202 valence electrons. The van der Waals surface area contributed by atoms with Crippen LogP contribution in [-0.2, 0) is 16.9 Å². The summed E-state index contributed by atoms with van der Waals surface area (Å²) in [6.07, 6.45) is -10.9. The summed E-state index contributed by atoms with van der Waals surface area (Å²) in [7, 11) is -3.39. The van der Waals surface area contributed by atoms with Crippen molar-refractivity contribution >= 4 is 51.0 Å². The van der Waals surface area contributed by atoms with Crippen LogP contribution in [0.5, 0.6) is 11.5 Å². The Kier molecular flexibility index (Phi) is 8.41. The largest absolute Gasteiger partial charge is 0.495 e. The molecular formula is C24H15BrClF6O5P. The van der Waals surface area contributed by atoms with Crippen molar-refractivity contribution in [2.24, 2.45) is 0 Å². The van der Waals surface area contributed by atoms with Crippen molar-refractivity contribution in [2.45, 2.75) is 12.4 Å². The molecule has 0 bridgehead atoms. The Morgan fingerprint density at radius 3 is 1.71 bits per heavy atom. The minimum atomic E-state index is -5.53. The highest BCUT2D eigenvalue weighted by atomic mass is 79.9. The summed E-state index contributed by atoms with van der Waals surface area (Å²) in [5.74, 6) is -0.818. The predicted molar refractivity (Wildman–Crippen MR) is 131 cm³/mol. The summed E-state index contributed by atoms with van der Waals surface area (Å²) in [4.78, 5) is 27.8. The molecule has 0 N–H and O–H groups in total. The quantitative estimate of drug-likeness (QED) is 0.194. The number of rotatable bonds is 7. The highest BCUT2D eigenvalue weighted by Crippen LogP contribution is 2.57. The Bertz CT molecular complexity index is 1400. The third kappa shape index (κ3) is 5.21. The number of methoxy groups -OCH3 is 2. The molecule has 3 rings (SSSR count). The first-order chi connectivity index (χ1) is 17.6. The van der Waals surface area contributed by atoms with Gasteiger partial charge in [-0.3, -0.25) is 9.59 Å². The maximum Gasteiger partial charge on any atom is 0.417 e. The van der Waals surface area contributed by atoms with E-state index < -0.39 is 63.9 Å². The molecule has 14 heteroatoms. The maximum atomic E-state index is 14.5. The number of alkyl halides is 6. The zero-order chi connectivity index (χ0) is 28.6. The molecule has 3 aromatic rings. The van der Waals surface area contributed by atoms with Gasteiger partial charge in [-0.05, 0) is 34.1 Å². The van der Waals surface area contributed by atoms with Crippen LogP contribution >= 0.6 is 34.7 Å². The minimum absolute atomic E-state index is 0.00730. The standard InChI is InChI=1S/C24H15BrClF6O5P/c1-36-19-15(25)11-16(26)20(37-2)18(19)22(34)38(35,12-7-4-3-5-8-12)21(33)17-13(23(27,28)29)9-6-10-14(17)24(30,31)32/h3-11H,1-2H3. The molecule has 3 aromatic carbocycles. The van der Waals surface area contributed by atoms with E-state index in [0.717, 1.165) is 26.4 Å². The van der Waals surface area contributed by atoms with E-state index in [9.17, 15) is 40.5 Å². The topological polar surface area (TPSA) is 69.7 Å². The van der Waals surface area contributed by atoms with Gasteiger partial charge < -0.3 is 14.0 Å². The van der Waals surface area contributed by atoms with Crippen LogP contribution in [0, 0.1) is 0 Å². The SMILES string of the molecule is COc1c(Cl)cc(Br)c(OC)c1C(=O)P(=O)(C(=O)c1c(C(F)(F)F)cccc1C(F)(F)F)c1ccccc1. The van der Waals surface area contributed by atoms with Crippen LogP contribution < -0.4 is 14.8 Å². The van der Waals surface area contributed by atoms with Crippen LogP contribution in [0.1, 0.15) is 31.8 Å². The average molecular weight is 644 g/mol. The Morgan fingerprint density at radius 1 is 0.789 bits per heavy atom. The molecule has 0 aliphatic carbocycles. The lowest BCUT2D eigenvalue weighted by atomic mass is 10.0. The van der Waals surface area contributed by atoms with Crippen LogP contribution in [-0.4, -0.2) is 25.3 Å². The summed E-state index contributed by atoms with van der Waals surface area (Å²) in [5, 5.41) is -0.859. The summed E-state index contributed by atoms with van der Waals surface area (Å²) < 4.78 is 108. The van der Waals surface area contributed by atoms with Gasteiger partial charge in [-0.15, -0.1) is 0 Å². The van der Waals surface area contributed by atoms with Gasteiger partial charge in [0.2, 0.25) is 18.2 Å². The predicted octanol–water partition coefficient (Wildman–Crippen LogP) is 7.83. The maximum absolute atomic E-state index is 14.5. The van der Waals surface area contributed by atoms with Gasteiger partial charge in [0.25, 0.3) is 0 Å². The molecule has 0 aromatic heterocycles. The van der Waals surface area contributed by atoms with Crippen molar-refractivity contribution in [1.29, 1.82) is 0 Å². The summed E-state index contributed by atoms with van der Waals surface area (Å²) in [6, 6.07) is 7.93. The summed E-state index contributed by atoms with van der Waals surface area (Å²) in [6.45, 7) is 0. The molecule has 0 aliphatic rings. The van der Waals surface area contributed by atoms with E-state index in [-0.39, 0.29) is 27.4 Å². The molecule has 1 unspecified atom stereocenters. The lowest BCUT2D eigenvalue weighted by Crippen LogP contribution is -2.26. The van der Waals surface area contributed by atoms with Crippen molar-refractivity contribution in [1.82, 2.24) is 0 Å². The molecule has 5 nitrogen and oxygen atoms in total. The first kappa shape index (κ1) is 29.7. The van der Waals surface area contributed by atoms with E-state index in [2.05, 4.69) is 15.9 Å². The molecule has 1 atom stereocenters. The lowest BCUT2D eigenvalue weighted by Gasteiger charge is -2.23. The molecular weight excluding hydrogens is 629 g/mol. The van der Waals surface area contributed by atoms with Gasteiger partial charge in [0.1, 0.15) is 11.3 Å². The Hall–Kier alpha value is -2.82. The second-order valence-corrected chi connectivity index (χ2v) is 11.4. The van der Waals surface area contributed by atoms with Gasteiger partial charge >= 0.3 is 12.4 Å². The number of benzene rings is 3. The summed E-state index contributed by atoms with van der Waals surface area (Å²) in [5.41, 5.74) is -10.5. The van der Waals surface area contributed by atoms with Gasteiger partial charge in [-0.2, -0.15) is 26.3 Å². The third-order valence-corrected chi connectivity index (χ3v) is 8.83. The van der Waals surface area contributed by atoms with Crippen molar-refractivity contribution < 1.29 is 50.0 Å². The lowest BCUT2D eigenvalue weighted by molar-refractivity contribution is -0.143. The number of hydrogen-bond acceptors (Lipinski definition) is 5. The average Bonchev–Trinajstić information content (AvgIpc) is 2.86. The molecule has 0 saturated heterocycles. The number of ether oxygens (including phenoxy) is 2. The highest BCUT2D eigenvalue weighted by Gasteiger charge is 2.51. The molecule has 38 heavy (non-hydrogen) atoms. The number of carbonyl (C=O) groups is 2. The molecule has 0 amide bonds. The molecule has 0 heterocycles. The van der Waals surface area contributed by atoms with Crippen LogP contribution in [0.4, 0.5) is 26.3 Å². The Labute approximate surface area is 225 Å². The van der Waals surface area contributed by atoms with Crippen LogP contribution in [0.15, 0.2) is 59.1 Å². The van der Waals surface area contributed by atoms with Gasteiger partial charge in [0.15, 0.2) is 5.75 Å². The normalized spacial score (nSPS) is 13.5. The second kappa shape index (κ2) is 10.7. The smallest absolute Gasteiger partial charge is 0.417 e. The highest BCUT2D eigenvalue weighted by molar-refractivity contribution is 9.10. The van der Waals surface area contributed by atoms with Gasteiger partial charge in [-0.25, -0.2) is 0 Å². The minimum Gasteiger partial charge on any atom is -0.495 e. The van der Waals surface area contributed by atoms with E-state index in [0.29, 0.717) is 6.07 Å². The Balaban J connectivity index is 2.50. The summed E-state index contributed by atoms with van der Waals surface area (Å²) >= 11 is 9.22. The van der Waals surface area contributed by atoms with Crippen LogP contribution in [0.3, 0.4) is 0 Å². The number of hydrogen-bond donors (Lipinski definition) is 0. The van der Waals surface area contributed by atoms with E-state index >= 15 is 0 Å². The van der Waals surface area contributed by atoms with Crippen molar-refractivity contribution in [3.8, 4) is 11.5 Å². The first-order valence-electron chi connectivity index (χ1n) is 10.2.